The maximum absolute atomic E-state index is 12.0. The number of benzene rings is 1. The summed E-state index contributed by atoms with van der Waals surface area (Å²) in [5, 5.41) is 13.1. The SMILES string of the molecule is O=C(COc1cccc(Cl)c1)NC[C@H]1C(OP)CC2OC(O)C[C@@H]21. The van der Waals surface area contributed by atoms with Gasteiger partial charge in [-0.25, -0.2) is 0 Å². The van der Waals surface area contributed by atoms with E-state index in [-0.39, 0.29) is 36.6 Å². The number of amides is 1. The molecule has 0 spiro atoms. The predicted molar refractivity (Wildman–Crippen MR) is 91.6 cm³/mol. The predicted octanol–water partition coefficient (Wildman–Crippen LogP) is 1.75. The molecule has 4 unspecified atom stereocenters. The number of carbonyl (C=O) groups excluding carboxylic acids is 1. The fourth-order valence-corrected chi connectivity index (χ4v) is 4.02. The molecular formula is C16H21ClNO5P. The van der Waals surface area contributed by atoms with Crippen LogP contribution < -0.4 is 10.1 Å². The second kappa shape index (κ2) is 7.98. The Balaban J connectivity index is 1.48. The Bertz CT molecular complexity index is 589. The van der Waals surface area contributed by atoms with E-state index < -0.39 is 6.29 Å². The average molecular weight is 374 g/mol. The van der Waals surface area contributed by atoms with Crippen molar-refractivity contribution < 1.29 is 23.9 Å². The fraction of sp³-hybridized carbons (Fsp3) is 0.562. The quantitative estimate of drug-likeness (QED) is 0.743. The van der Waals surface area contributed by atoms with Gasteiger partial charge in [-0.3, -0.25) is 4.79 Å². The van der Waals surface area contributed by atoms with Crippen LogP contribution in [0.15, 0.2) is 24.3 Å². The normalized spacial score (nSPS) is 31.7. The Labute approximate surface area is 148 Å². The number of aliphatic hydroxyl groups excluding tert-OH is 1. The van der Waals surface area contributed by atoms with Crippen molar-refractivity contribution in [2.24, 2.45) is 11.8 Å². The fourth-order valence-electron chi connectivity index (χ4n) is 3.53. The molecule has 1 aromatic rings. The molecule has 0 bridgehead atoms. The van der Waals surface area contributed by atoms with Crippen LogP contribution in [0.5, 0.6) is 5.75 Å². The molecule has 1 aliphatic carbocycles. The summed E-state index contributed by atoms with van der Waals surface area (Å²) in [4.78, 5) is 12.0. The number of halogens is 1. The van der Waals surface area contributed by atoms with Crippen molar-refractivity contribution in [3.63, 3.8) is 0 Å². The van der Waals surface area contributed by atoms with Crippen molar-refractivity contribution in [1.29, 1.82) is 0 Å². The topological polar surface area (TPSA) is 77.0 Å². The Morgan fingerprint density at radius 2 is 2.29 bits per heavy atom. The first-order valence-corrected chi connectivity index (χ1v) is 8.76. The molecule has 2 N–H and O–H groups in total. The van der Waals surface area contributed by atoms with Gasteiger partial charge in [0.2, 0.25) is 0 Å². The number of fused-ring (bicyclic) bond motifs is 1. The Morgan fingerprint density at radius 1 is 1.46 bits per heavy atom. The maximum Gasteiger partial charge on any atom is 0.257 e. The number of carbonyl (C=O) groups is 1. The summed E-state index contributed by atoms with van der Waals surface area (Å²) >= 11 is 5.87. The molecule has 6 atom stereocenters. The van der Waals surface area contributed by atoms with Gasteiger partial charge in [0.15, 0.2) is 12.9 Å². The Hall–Kier alpha value is -0.910. The van der Waals surface area contributed by atoms with Gasteiger partial charge in [-0.15, -0.1) is 0 Å². The highest BCUT2D eigenvalue weighted by molar-refractivity contribution is 7.09. The lowest BCUT2D eigenvalue weighted by Crippen LogP contribution is -2.38. The van der Waals surface area contributed by atoms with Gasteiger partial charge in [-0.05, 0) is 24.1 Å². The average Bonchev–Trinajstić information content (AvgIpc) is 3.06. The summed E-state index contributed by atoms with van der Waals surface area (Å²) in [5.41, 5.74) is 0. The molecule has 6 nitrogen and oxygen atoms in total. The number of hydrogen-bond acceptors (Lipinski definition) is 5. The third kappa shape index (κ3) is 4.19. The van der Waals surface area contributed by atoms with Crippen LogP contribution in [0.2, 0.25) is 5.02 Å². The van der Waals surface area contributed by atoms with Gasteiger partial charge in [0.25, 0.3) is 5.91 Å². The van der Waals surface area contributed by atoms with Gasteiger partial charge in [-0.1, -0.05) is 17.7 Å². The molecule has 8 heteroatoms. The van der Waals surface area contributed by atoms with Gasteiger partial charge < -0.3 is 24.4 Å². The lowest BCUT2D eigenvalue weighted by Gasteiger charge is -2.22. The van der Waals surface area contributed by atoms with E-state index in [9.17, 15) is 9.90 Å². The zero-order valence-electron chi connectivity index (χ0n) is 13.1. The Kier molecular flexibility index (Phi) is 5.95. The van der Waals surface area contributed by atoms with Crippen molar-refractivity contribution in [2.45, 2.75) is 31.3 Å². The van der Waals surface area contributed by atoms with Crippen LogP contribution in [0.3, 0.4) is 0 Å². The molecule has 1 amide bonds. The highest BCUT2D eigenvalue weighted by atomic mass is 35.5. The molecule has 1 heterocycles. The molecule has 0 radical (unpaired) electrons. The largest absolute Gasteiger partial charge is 0.484 e. The van der Waals surface area contributed by atoms with Crippen molar-refractivity contribution in [1.82, 2.24) is 5.32 Å². The second-order valence-electron chi connectivity index (χ2n) is 6.15. The monoisotopic (exact) mass is 373 g/mol. The summed E-state index contributed by atoms with van der Waals surface area (Å²) in [6, 6.07) is 6.91. The van der Waals surface area contributed by atoms with Gasteiger partial charge >= 0.3 is 0 Å². The van der Waals surface area contributed by atoms with Gasteiger partial charge in [0.1, 0.15) is 5.75 Å². The number of hydrogen-bond donors (Lipinski definition) is 2. The minimum absolute atomic E-state index is 0.00448. The number of ether oxygens (including phenoxy) is 2. The highest BCUT2D eigenvalue weighted by Crippen LogP contribution is 2.44. The second-order valence-corrected chi connectivity index (χ2v) is 6.86. The van der Waals surface area contributed by atoms with Crippen LogP contribution in [-0.2, 0) is 14.1 Å². The van der Waals surface area contributed by atoms with Crippen molar-refractivity contribution in [3.05, 3.63) is 29.3 Å². The summed E-state index contributed by atoms with van der Waals surface area (Å²) in [6.07, 6.45) is 0.580. The van der Waals surface area contributed by atoms with Crippen molar-refractivity contribution in [2.75, 3.05) is 13.2 Å². The zero-order valence-corrected chi connectivity index (χ0v) is 15.0. The zero-order chi connectivity index (χ0) is 17.1. The van der Waals surface area contributed by atoms with E-state index in [1.54, 1.807) is 24.3 Å². The molecule has 3 rings (SSSR count). The number of rotatable bonds is 6. The smallest absolute Gasteiger partial charge is 0.257 e. The van der Waals surface area contributed by atoms with E-state index in [2.05, 4.69) is 14.8 Å². The lowest BCUT2D eigenvalue weighted by atomic mass is 9.92. The van der Waals surface area contributed by atoms with Crippen LogP contribution in [0, 0.1) is 11.8 Å². The molecule has 1 saturated heterocycles. The van der Waals surface area contributed by atoms with Crippen molar-refractivity contribution in [3.8, 4) is 5.75 Å². The first kappa shape index (κ1) is 17.9. The minimum Gasteiger partial charge on any atom is -0.484 e. The van der Waals surface area contributed by atoms with Crippen LogP contribution in [0.4, 0.5) is 0 Å². The van der Waals surface area contributed by atoms with E-state index >= 15 is 0 Å². The van der Waals surface area contributed by atoms with Crippen molar-refractivity contribution >= 4 is 27.0 Å². The van der Waals surface area contributed by atoms with E-state index in [1.165, 1.54) is 0 Å². The molecule has 0 aromatic heterocycles. The molecule has 2 aliphatic rings. The first-order chi connectivity index (χ1) is 11.6. The summed E-state index contributed by atoms with van der Waals surface area (Å²) in [5.74, 6) is 0.650. The standard InChI is InChI=1S/C16H21ClNO5P/c17-9-2-1-3-10(4-9)21-8-15(19)18-7-12-11-5-16(20)22-13(11)6-14(12)23-24/h1-4,11-14,16,20H,5-8,24H2,(H,18,19)/t11-,12-,13?,14?,16?/m1/s1. The summed E-state index contributed by atoms with van der Waals surface area (Å²) in [7, 11) is 2.28. The summed E-state index contributed by atoms with van der Waals surface area (Å²) in [6.45, 7) is 0.390. The van der Waals surface area contributed by atoms with Gasteiger partial charge in [0, 0.05) is 39.8 Å². The number of aliphatic hydroxyl groups is 1. The van der Waals surface area contributed by atoms with Crippen LogP contribution in [0.25, 0.3) is 0 Å². The summed E-state index contributed by atoms with van der Waals surface area (Å²) < 4.78 is 16.3. The first-order valence-electron chi connectivity index (χ1n) is 7.91. The molecule has 2 fully saturated rings. The van der Waals surface area contributed by atoms with Gasteiger partial charge in [-0.2, -0.15) is 0 Å². The maximum atomic E-state index is 12.0. The van der Waals surface area contributed by atoms with E-state index in [0.29, 0.717) is 23.7 Å². The highest BCUT2D eigenvalue weighted by Gasteiger charge is 2.49. The molecular weight excluding hydrogens is 353 g/mol. The minimum atomic E-state index is -0.713. The van der Waals surface area contributed by atoms with Gasteiger partial charge in [0.05, 0.1) is 12.2 Å². The van der Waals surface area contributed by atoms with E-state index in [0.717, 1.165) is 6.42 Å². The van der Waals surface area contributed by atoms with E-state index in [4.69, 9.17) is 25.6 Å². The molecule has 1 saturated carbocycles. The third-order valence-corrected chi connectivity index (χ3v) is 5.24. The number of nitrogens with one attached hydrogen (secondary N) is 1. The van der Waals surface area contributed by atoms with Crippen LogP contribution >= 0.6 is 21.1 Å². The lowest BCUT2D eigenvalue weighted by molar-refractivity contribution is -0.123. The molecule has 132 valence electrons. The van der Waals surface area contributed by atoms with Crippen LogP contribution in [-0.4, -0.2) is 42.7 Å². The molecule has 24 heavy (non-hydrogen) atoms. The Morgan fingerprint density at radius 3 is 3.04 bits per heavy atom. The van der Waals surface area contributed by atoms with E-state index in [1.807, 2.05) is 0 Å². The molecule has 1 aliphatic heterocycles. The van der Waals surface area contributed by atoms with Crippen LogP contribution in [0.1, 0.15) is 12.8 Å². The molecule has 1 aromatic carbocycles. The third-order valence-electron chi connectivity index (χ3n) is 4.65.